The first-order chi connectivity index (χ1) is 11.5. The van der Waals surface area contributed by atoms with E-state index in [-0.39, 0.29) is 30.5 Å². The van der Waals surface area contributed by atoms with Gasteiger partial charge < -0.3 is 21.1 Å². The topological polar surface area (TPSA) is 102 Å². The Labute approximate surface area is 163 Å². The Morgan fingerprint density at radius 1 is 1.12 bits per heavy atom. The van der Waals surface area contributed by atoms with Crippen molar-refractivity contribution in [3.05, 3.63) is 75.3 Å². The largest absolute Gasteiger partial charge is 0.456 e. The van der Waals surface area contributed by atoms with Crippen molar-refractivity contribution < 1.29 is 9.66 Å². The lowest BCUT2D eigenvalue weighted by molar-refractivity contribution is -0.384. The molecule has 4 N–H and O–H groups in total. The zero-order valence-electron chi connectivity index (χ0n) is 14.0. The molecule has 0 aromatic heterocycles. The molecule has 0 bridgehead atoms. The number of rotatable bonds is 5. The number of nitrogens with zero attached hydrogens (tertiary/aromatic N) is 1. The molecular formula is C17H20Cl2N4O3. The number of non-ortho nitro benzene ring substituents is 1. The Morgan fingerprint density at radius 3 is 2.38 bits per heavy atom. The Bertz CT molecular complexity index is 810. The quantitative estimate of drug-likeness (QED) is 0.524. The standard InChI is InChI=1S/C17H18N4O3.2ClH/c1-11-17(18)20-15-8-13(4-7-16(15)24-11)10-19-9-12-2-5-14(6-3-12)21(22)23;;/h2-8,19-20H,9-10,18H2,1H3;2*1H. The van der Waals surface area contributed by atoms with Crippen molar-refractivity contribution in [3.8, 4) is 5.75 Å². The van der Waals surface area contributed by atoms with Crippen LogP contribution in [0.3, 0.4) is 0 Å². The number of nitro groups is 1. The van der Waals surface area contributed by atoms with E-state index in [2.05, 4.69) is 10.6 Å². The first-order valence-electron chi connectivity index (χ1n) is 7.51. The maximum Gasteiger partial charge on any atom is 0.269 e. The van der Waals surface area contributed by atoms with Gasteiger partial charge in [-0.25, -0.2) is 0 Å². The third-order valence-corrected chi connectivity index (χ3v) is 3.76. The van der Waals surface area contributed by atoms with Crippen LogP contribution in [-0.4, -0.2) is 4.92 Å². The van der Waals surface area contributed by atoms with Gasteiger partial charge in [-0.15, -0.1) is 24.8 Å². The number of anilines is 1. The highest BCUT2D eigenvalue weighted by atomic mass is 35.5. The van der Waals surface area contributed by atoms with E-state index in [1.165, 1.54) is 12.1 Å². The van der Waals surface area contributed by atoms with Crippen LogP contribution in [0.4, 0.5) is 11.4 Å². The summed E-state index contributed by atoms with van der Waals surface area (Å²) in [6.07, 6.45) is 0. The first kappa shape index (κ1) is 21.6. The molecule has 3 rings (SSSR count). The summed E-state index contributed by atoms with van der Waals surface area (Å²) in [5.41, 5.74) is 8.84. The van der Waals surface area contributed by atoms with Crippen LogP contribution in [0.5, 0.6) is 5.75 Å². The van der Waals surface area contributed by atoms with Crippen LogP contribution in [0.25, 0.3) is 0 Å². The van der Waals surface area contributed by atoms with Crippen molar-refractivity contribution in [1.29, 1.82) is 0 Å². The zero-order valence-corrected chi connectivity index (χ0v) is 15.7. The van der Waals surface area contributed by atoms with E-state index in [9.17, 15) is 10.1 Å². The van der Waals surface area contributed by atoms with Gasteiger partial charge in [0.2, 0.25) is 0 Å². The summed E-state index contributed by atoms with van der Waals surface area (Å²) >= 11 is 0. The normalized spacial score (nSPS) is 12.0. The summed E-state index contributed by atoms with van der Waals surface area (Å²) in [7, 11) is 0. The molecule has 1 aliphatic rings. The van der Waals surface area contributed by atoms with Gasteiger partial charge in [0.15, 0.2) is 5.75 Å². The van der Waals surface area contributed by atoms with Gasteiger partial charge in [0.05, 0.1) is 10.6 Å². The number of benzene rings is 2. The van der Waals surface area contributed by atoms with Gasteiger partial charge in [-0.2, -0.15) is 0 Å². The molecule has 1 aliphatic heterocycles. The fourth-order valence-electron chi connectivity index (χ4n) is 2.41. The maximum atomic E-state index is 10.6. The molecule has 9 heteroatoms. The van der Waals surface area contributed by atoms with E-state index in [0.717, 1.165) is 22.6 Å². The van der Waals surface area contributed by atoms with Crippen molar-refractivity contribution in [2.45, 2.75) is 20.0 Å². The highest BCUT2D eigenvalue weighted by Gasteiger charge is 2.14. The summed E-state index contributed by atoms with van der Waals surface area (Å²) in [5, 5.41) is 17.1. The minimum atomic E-state index is -0.402. The molecule has 7 nitrogen and oxygen atoms in total. The van der Waals surface area contributed by atoms with Crippen LogP contribution in [-0.2, 0) is 13.1 Å². The Hall–Kier alpha value is -2.48. The van der Waals surface area contributed by atoms with Crippen molar-refractivity contribution in [2.24, 2.45) is 5.73 Å². The van der Waals surface area contributed by atoms with E-state index in [4.69, 9.17) is 10.5 Å². The van der Waals surface area contributed by atoms with Crippen molar-refractivity contribution in [3.63, 3.8) is 0 Å². The number of halogens is 2. The van der Waals surface area contributed by atoms with E-state index in [1.807, 2.05) is 25.1 Å². The van der Waals surface area contributed by atoms with E-state index in [1.54, 1.807) is 12.1 Å². The fraction of sp³-hybridized carbons (Fsp3) is 0.176. The Balaban J connectivity index is 0.00000169. The molecule has 0 aliphatic carbocycles. The molecule has 0 fully saturated rings. The molecule has 0 unspecified atom stereocenters. The number of nitro benzene ring substituents is 1. The molecule has 2 aromatic rings. The molecule has 1 heterocycles. The Morgan fingerprint density at radius 2 is 1.73 bits per heavy atom. The van der Waals surface area contributed by atoms with Gasteiger partial charge in [0.1, 0.15) is 11.6 Å². The van der Waals surface area contributed by atoms with Gasteiger partial charge >= 0.3 is 0 Å². The summed E-state index contributed by atoms with van der Waals surface area (Å²) < 4.78 is 5.62. The number of allylic oxidation sites excluding steroid dienone is 1. The highest BCUT2D eigenvalue weighted by Crippen LogP contribution is 2.31. The van der Waals surface area contributed by atoms with Gasteiger partial charge in [-0.05, 0) is 30.2 Å². The van der Waals surface area contributed by atoms with Crippen LogP contribution < -0.4 is 21.1 Å². The Kier molecular flexibility index (Phi) is 7.70. The van der Waals surface area contributed by atoms with Crippen LogP contribution in [0.2, 0.25) is 0 Å². The lowest BCUT2D eigenvalue weighted by Crippen LogP contribution is -2.19. The van der Waals surface area contributed by atoms with Crippen molar-refractivity contribution in [2.75, 3.05) is 5.32 Å². The van der Waals surface area contributed by atoms with E-state index in [0.29, 0.717) is 24.7 Å². The molecule has 0 amide bonds. The molecule has 0 atom stereocenters. The lowest BCUT2D eigenvalue weighted by atomic mass is 10.1. The summed E-state index contributed by atoms with van der Waals surface area (Å²) in [5.74, 6) is 1.92. The number of fused-ring (bicyclic) bond motifs is 1. The molecule has 0 saturated carbocycles. The van der Waals surface area contributed by atoms with Gasteiger partial charge in [0, 0.05) is 25.2 Å². The van der Waals surface area contributed by atoms with E-state index < -0.39 is 4.92 Å². The monoisotopic (exact) mass is 398 g/mol. The second kappa shape index (κ2) is 9.28. The minimum absolute atomic E-state index is 0. The second-order valence-corrected chi connectivity index (χ2v) is 5.55. The van der Waals surface area contributed by atoms with Gasteiger partial charge in [-0.3, -0.25) is 10.1 Å². The smallest absolute Gasteiger partial charge is 0.269 e. The average Bonchev–Trinajstić information content (AvgIpc) is 2.56. The first-order valence-corrected chi connectivity index (χ1v) is 7.51. The number of nitrogens with two attached hydrogens (primary N) is 1. The molecule has 0 radical (unpaired) electrons. The number of nitrogens with one attached hydrogen (secondary N) is 2. The SMILES string of the molecule is CC1=C(N)Nc2cc(CNCc3ccc([N+](=O)[O-])cc3)ccc2O1.Cl.Cl. The summed E-state index contributed by atoms with van der Waals surface area (Å²) in [4.78, 5) is 10.2. The van der Waals surface area contributed by atoms with Gasteiger partial charge in [-0.1, -0.05) is 18.2 Å². The average molecular weight is 399 g/mol. The van der Waals surface area contributed by atoms with Crippen LogP contribution in [0.15, 0.2) is 54.0 Å². The molecular weight excluding hydrogens is 379 g/mol. The van der Waals surface area contributed by atoms with E-state index >= 15 is 0 Å². The maximum absolute atomic E-state index is 10.6. The van der Waals surface area contributed by atoms with Crippen molar-refractivity contribution in [1.82, 2.24) is 5.32 Å². The van der Waals surface area contributed by atoms with Crippen molar-refractivity contribution >= 4 is 36.2 Å². The highest BCUT2D eigenvalue weighted by molar-refractivity contribution is 5.85. The predicted octanol–water partition coefficient (Wildman–Crippen LogP) is 3.68. The molecule has 140 valence electrons. The molecule has 0 saturated heterocycles. The molecule has 0 spiro atoms. The second-order valence-electron chi connectivity index (χ2n) is 5.55. The summed E-state index contributed by atoms with van der Waals surface area (Å²) in [6, 6.07) is 12.4. The lowest BCUT2D eigenvalue weighted by Gasteiger charge is -2.21. The predicted molar refractivity (Wildman–Crippen MR) is 106 cm³/mol. The third-order valence-electron chi connectivity index (χ3n) is 3.76. The third kappa shape index (κ3) is 5.01. The number of hydrogen-bond donors (Lipinski definition) is 3. The van der Waals surface area contributed by atoms with Gasteiger partial charge in [0.25, 0.3) is 5.69 Å². The number of hydrogen-bond acceptors (Lipinski definition) is 6. The van der Waals surface area contributed by atoms with Crippen LogP contribution >= 0.6 is 24.8 Å². The molecule has 26 heavy (non-hydrogen) atoms. The molecule has 2 aromatic carbocycles. The van der Waals surface area contributed by atoms with Crippen LogP contribution in [0.1, 0.15) is 18.1 Å². The van der Waals surface area contributed by atoms with Crippen LogP contribution in [0, 0.1) is 10.1 Å². The number of ether oxygens (including phenoxy) is 1. The fourth-order valence-corrected chi connectivity index (χ4v) is 2.41. The zero-order chi connectivity index (χ0) is 17.1. The summed E-state index contributed by atoms with van der Waals surface area (Å²) in [6.45, 7) is 3.10. The minimum Gasteiger partial charge on any atom is -0.456 e.